The van der Waals surface area contributed by atoms with Crippen molar-refractivity contribution in [1.82, 2.24) is 0 Å². The van der Waals surface area contributed by atoms with Crippen LogP contribution >= 0.6 is 0 Å². The first kappa shape index (κ1) is 16.7. The van der Waals surface area contributed by atoms with Crippen LogP contribution < -0.4 is 0 Å². The van der Waals surface area contributed by atoms with Crippen molar-refractivity contribution in [3.05, 3.63) is 35.4 Å². The van der Waals surface area contributed by atoms with E-state index in [9.17, 15) is 15.0 Å². The van der Waals surface area contributed by atoms with Gasteiger partial charge in [-0.1, -0.05) is 38.1 Å². The van der Waals surface area contributed by atoms with Crippen LogP contribution in [0.2, 0.25) is 0 Å². The molecule has 4 heteroatoms. The van der Waals surface area contributed by atoms with E-state index in [0.717, 1.165) is 6.42 Å². The minimum absolute atomic E-state index is 0.206. The molecule has 4 nitrogen and oxygen atoms in total. The Morgan fingerprint density at radius 3 is 2.30 bits per heavy atom. The molecular weight excluding hydrogens is 256 g/mol. The van der Waals surface area contributed by atoms with E-state index in [1.807, 2.05) is 12.1 Å². The average Bonchev–Trinajstić information content (AvgIpc) is 2.38. The van der Waals surface area contributed by atoms with Crippen molar-refractivity contribution in [2.45, 2.75) is 45.8 Å². The minimum atomic E-state index is -1.15. The van der Waals surface area contributed by atoms with E-state index < -0.39 is 18.2 Å². The highest BCUT2D eigenvalue weighted by Gasteiger charge is 2.22. The van der Waals surface area contributed by atoms with Crippen molar-refractivity contribution >= 4 is 5.97 Å². The lowest BCUT2D eigenvalue weighted by molar-refractivity contribution is -0.147. The Morgan fingerprint density at radius 2 is 1.80 bits per heavy atom. The average molecular weight is 280 g/mol. The first-order valence-corrected chi connectivity index (χ1v) is 7.04. The van der Waals surface area contributed by atoms with Crippen molar-refractivity contribution in [3.63, 3.8) is 0 Å². The highest BCUT2D eigenvalue weighted by molar-refractivity contribution is 5.70. The Kier molecular flexibility index (Phi) is 6.68. The number of carbonyl (C=O) groups is 1. The SMILES string of the molecule is CCOC(=O)CC(O)C(O)c1ccc(CC(C)C)cc1. The summed E-state index contributed by atoms with van der Waals surface area (Å²) in [6.07, 6.45) is -1.46. The lowest BCUT2D eigenvalue weighted by Gasteiger charge is -2.18. The second-order valence-corrected chi connectivity index (χ2v) is 5.36. The van der Waals surface area contributed by atoms with Crippen LogP contribution in [-0.4, -0.2) is 28.9 Å². The number of hydrogen-bond acceptors (Lipinski definition) is 4. The zero-order chi connectivity index (χ0) is 15.1. The summed E-state index contributed by atoms with van der Waals surface area (Å²) >= 11 is 0. The summed E-state index contributed by atoms with van der Waals surface area (Å²) < 4.78 is 4.75. The van der Waals surface area contributed by atoms with Crippen molar-refractivity contribution < 1.29 is 19.7 Å². The summed E-state index contributed by atoms with van der Waals surface area (Å²) in [7, 11) is 0. The monoisotopic (exact) mass is 280 g/mol. The van der Waals surface area contributed by atoms with E-state index in [4.69, 9.17) is 4.74 Å². The van der Waals surface area contributed by atoms with E-state index in [2.05, 4.69) is 13.8 Å². The molecule has 0 amide bonds. The molecule has 2 N–H and O–H groups in total. The van der Waals surface area contributed by atoms with Gasteiger partial charge in [0.25, 0.3) is 0 Å². The topological polar surface area (TPSA) is 66.8 Å². The Morgan fingerprint density at radius 1 is 1.20 bits per heavy atom. The predicted molar refractivity (Wildman–Crippen MR) is 77.2 cm³/mol. The van der Waals surface area contributed by atoms with Crippen LogP contribution in [0.4, 0.5) is 0 Å². The number of aliphatic hydroxyl groups is 2. The van der Waals surface area contributed by atoms with Crippen LogP contribution in [-0.2, 0) is 16.0 Å². The summed E-state index contributed by atoms with van der Waals surface area (Å²) in [5.74, 6) is 0.0654. The molecule has 2 unspecified atom stereocenters. The van der Waals surface area contributed by atoms with Gasteiger partial charge < -0.3 is 14.9 Å². The van der Waals surface area contributed by atoms with Crippen LogP contribution in [0, 0.1) is 5.92 Å². The zero-order valence-electron chi connectivity index (χ0n) is 12.4. The Balaban J connectivity index is 2.62. The molecular formula is C16H24O4. The summed E-state index contributed by atoms with van der Waals surface area (Å²) in [4.78, 5) is 11.3. The van der Waals surface area contributed by atoms with Crippen molar-refractivity contribution in [1.29, 1.82) is 0 Å². The largest absolute Gasteiger partial charge is 0.466 e. The fourth-order valence-corrected chi connectivity index (χ4v) is 2.05. The highest BCUT2D eigenvalue weighted by Crippen LogP contribution is 2.20. The minimum Gasteiger partial charge on any atom is -0.466 e. The molecule has 0 saturated heterocycles. The van der Waals surface area contributed by atoms with Crippen LogP contribution in [0.3, 0.4) is 0 Å². The van der Waals surface area contributed by atoms with Crippen molar-refractivity contribution in [2.75, 3.05) is 6.61 Å². The summed E-state index contributed by atoms with van der Waals surface area (Å²) in [6.45, 7) is 6.26. The third-order valence-electron chi connectivity index (χ3n) is 3.01. The van der Waals surface area contributed by atoms with Gasteiger partial charge in [-0.15, -0.1) is 0 Å². The maximum atomic E-state index is 11.3. The molecule has 0 aliphatic rings. The molecule has 0 radical (unpaired) electrons. The van der Waals surface area contributed by atoms with Gasteiger partial charge in [-0.25, -0.2) is 0 Å². The van der Waals surface area contributed by atoms with Gasteiger partial charge in [0, 0.05) is 0 Å². The first-order chi connectivity index (χ1) is 9.43. The fraction of sp³-hybridized carbons (Fsp3) is 0.562. The van der Waals surface area contributed by atoms with E-state index in [1.165, 1.54) is 5.56 Å². The number of esters is 1. The van der Waals surface area contributed by atoms with Gasteiger partial charge >= 0.3 is 5.97 Å². The highest BCUT2D eigenvalue weighted by atomic mass is 16.5. The lowest BCUT2D eigenvalue weighted by atomic mass is 9.98. The second kappa shape index (κ2) is 8.02. The molecule has 0 saturated carbocycles. The van der Waals surface area contributed by atoms with Gasteiger partial charge in [0.15, 0.2) is 0 Å². The van der Waals surface area contributed by atoms with Gasteiger partial charge in [-0.05, 0) is 30.4 Å². The van der Waals surface area contributed by atoms with Crippen LogP contribution in [0.1, 0.15) is 44.4 Å². The molecule has 20 heavy (non-hydrogen) atoms. The second-order valence-electron chi connectivity index (χ2n) is 5.36. The molecule has 1 aromatic rings. The first-order valence-electron chi connectivity index (χ1n) is 7.04. The van der Waals surface area contributed by atoms with Gasteiger partial charge in [0.2, 0.25) is 0 Å². The van der Waals surface area contributed by atoms with Gasteiger partial charge in [-0.3, -0.25) is 4.79 Å². The summed E-state index contributed by atoms with van der Waals surface area (Å²) in [6, 6.07) is 7.46. The van der Waals surface area contributed by atoms with E-state index in [0.29, 0.717) is 11.5 Å². The van der Waals surface area contributed by atoms with Crippen LogP contribution in [0.15, 0.2) is 24.3 Å². The third kappa shape index (κ3) is 5.31. The van der Waals surface area contributed by atoms with E-state index in [-0.39, 0.29) is 13.0 Å². The molecule has 0 fully saturated rings. The Hall–Kier alpha value is -1.39. The lowest BCUT2D eigenvalue weighted by Crippen LogP contribution is -2.23. The van der Waals surface area contributed by atoms with Gasteiger partial charge in [0.1, 0.15) is 6.10 Å². The quantitative estimate of drug-likeness (QED) is 0.752. The normalized spacial score (nSPS) is 14.1. The zero-order valence-corrected chi connectivity index (χ0v) is 12.4. The fourth-order valence-electron chi connectivity index (χ4n) is 2.05. The molecule has 2 atom stereocenters. The van der Waals surface area contributed by atoms with Crippen molar-refractivity contribution in [2.24, 2.45) is 5.92 Å². The molecule has 0 aliphatic carbocycles. The molecule has 0 aliphatic heterocycles. The standard InChI is InChI=1S/C16H24O4/c1-4-20-15(18)10-14(17)16(19)13-7-5-12(6-8-13)9-11(2)3/h5-8,11,14,16-17,19H,4,9-10H2,1-3H3. The summed E-state index contributed by atoms with van der Waals surface area (Å²) in [5.41, 5.74) is 1.80. The number of carbonyl (C=O) groups excluding carboxylic acids is 1. The Bertz CT molecular complexity index is 411. The number of ether oxygens (including phenoxy) is 1. The molecule has 0 aromatic heterocycles. The molecule has 1 rings (SSSR count). The molecule has 0 bridgehead atoms. The third-order valence-corrected chi connectivity index (χ3v) is 3.01. The number of aliphatic hydroxyl groups excluding tert-OH is 2. The van der Waals surface area contributed by atoms with Crippen LogP contribution in [0.25, 0.3) is 0 Å². The van der Waals surface area contributed by atoms with E-state index in [1.54, 1.807) is 19.1 Å². The maximum absolute atomic E-state index is 11.3. The smallest absolute Gasteiger partial charge is 0.308 e. The molecule has 0 heterocycles. The Labute approximate surface area is 120 Å². The van der Waals surface area contributed by atoms with Crippen LogP contribution in [0.5, 0.6) is 0 Å². The predicted octanol–water partition coefficient (Wildman–Crippen LogP) is 2.23. The van der Waals surface area contributed by atoms with Gasteiger partial charge in [-0.2, -0.15) is 0 Å². The molecule has 1 aromatic carbocycles. The van der Waals surface area contributed by atoms with E-state index >= 15 is 0 Å². The summed E-state index contributed by atoms with van der Waals surface area (Å²) in [5, 5.41) is 19.9. The number of benzene rings is 1. The molecule has 0 spiro atoms. The van der Waals surface area contributed by atoms with Crippen molar-refractivity contribution in [3.8, 4) is 0 Å². The molecule has 112 valence electrons. The van der Waals surface area contributed by atoms with Gasteiger partial charge in [0.05, 0.1) is 19.1 Å². The number of hydrogen-bond donors (Lipinski definition) is 2. The number of rotatable bonds is 7. The maximum Gasteiger partial charge on any atom is 0.308 e.